The van der Waals surface area contributed by atoms with E-state index < -0.39 is 5.60 Å². The van der Waals surface area contributed by atoms with Gasteiger partial charge in [-0.25, -0.2) is 0 Å². The molecule has 0 aliphatic rings. The average Bonchev–Trinajstić information content (AvgIpc) is 1.84. The maximum absolute atomic E-state index is 10.1. The Bertz CT molecular complexity index is 137. The molecule has 0 spiro atoms. The average molecular weight is 156 g/mol. The van der Waals surface area contributed by atoms with Gasteiger partial charge in [0.15, 0.2) is 0 Å². The molecule has 0 unspecified atom stereocenters. The van der Waals surface area contributed by atoms with E-state index in [2.05, 4.69) is 6.58 Å². The number of aliphatic hydroxyl groups is 1. The Labute approximate surface area is 70.1 Å². The van der Waals surface area contributed by atoms with E-state index in [0.717, 1.165) is 5.57 Å². The van der Waals surface area contributed by atoms with Crippen LogP contribution in [0.2, 0.25) is 0 Å². The molecule has 1 heteroatoms. The van der Waals surface area contributed by atoms with Crippen LogP contribution in [0.15, 0.2) is 12.2 Å². The fourth-order valence-electron chi connectivity index (χ4n) is 1.65. The third-order valence-corrected chi connectivity index (χ3v) is 2.44. The van der Waals surface area contributed by atoms with Gasteiger partial charge in [-0.05, 0) is 24.3 Å². The standard InChI is InChI=1S/C10H20O/c1-7(2)10(11,8(3)4)9(5)6/h8-9,11H,1H2,2-6H3. The summed E-state index contributed by atoms with van der Waals surface area (Å²) in [5.74, 6) is 0.472. The third-order valence-electron chi connectivity index (χ3n) is 2.44. The molecule has 0 saturated carbocycles. The van der Waals surface area contributed by atoms with Gasteiger partial charge in [0.05, 0.1) is 5.60 Å². The van der Waals surface area contributed by atoms with Gasteiger partial charge < -0.3 is 5.11 Å². The molecule has 0 atom stereocenters. The molecule has 0 amide bonds. The quantitative estimate of drug-likeness (QED) is 0.623. The lowest BCUT2D eigenvalue weighted by molar-refractivity contribution is -0.0112. The molecule has 0 fully saturated rings. The normalized spacial score (nSPS) is 12.7. The highest BCUT2D eigenvalue weighted by atomic mass is 16.3. The zero-order valence-corrected chi connectivity index (χ0v) is 8.31. The van der Waals surface area contributed by atoms with E-state index in [1.54, 1.807) is 0 Å². The molecule has 0 aliphatic heterocycles. The number of rotatable bonds is 3. The van der Waals surface area contributed by atoms with Crippen molar-refractivity contribution < 1.29 is 5.11 Å². The Morgan fingerprint density at radius 1 is 1.18 bits per heavy atom. The molecule has 0 heterocycles. The first-order chi connectivity index (χ1) is 4.83. The van der Waals surface area contributed by atoms with Crippen LogP contribution in [0.25, 0.3) is 0 Å². The summed E-state index contributed by atoms with van der Waals surface area (Å²) >= 11 is 0. The van der Waals surface area contributed by atoms with Crippen LogP contribution in [0.4, 0.5) is 0 Å². The smallest absolute Gasteiger partial charge is 0.0896 e. The SMILES string of the molecule is C=C(C)C(O)(C(C)C)C(C)C. The van der Waals surface area contributed by atoms with E-state index in [1.807, 2.05) is 34.6 Å². The van der Waals surface area contributed by atoms with Crippen molar-refractivity contribution in [2.45, 2.75) is 40.2 Å². The fourth-order valence-corrected chi connectivity index (χ4v) is 1.65. The monoisotopic (exact) mass is 156 g/mol. The molecule has 0 bridgehead atoms. The van der Waals surface area contributed by atoms with Crippen LogP contribution >= 0.6 is 0 Å². The van der Waals surface area contributed by atoms with Crippen LogP contribution in [0.1, 0.15) is 34.6 Å². The first-order valence-corrected chi connectivity index (χ1v) is 4.21. The van der Waals surface area contributed by atoms with E-state index in [-0.39, 0.29) is 11.8 Å². The molecule has 0 aromatic carbocycles. The summed E-state index contributed by atoms with van der Waals surface area (Å²) < 4.78 is 0. The molecule has 11 heavy (non-hydrogen) atoms. The number of hydrogen-bond donors (Lipinski definition) is 1. The lowest BCUT2D eigenvalue weighted by atomic mass is 9.76. The summed E-state index contributed by atoms with van der Waals surface area (Å²) in [4.78, 5) is 0. The molecular weight excluding hydrogens is 136 g/mol. The van der Waals surface area contributed by atoms with E-state index >= 15 is 0 Å². The minimum absolute atomic E-state index is 0.236. The van der Waals surface area contributed by atoms with Crippen LogP contribution in [0.5, 0.6) is 0 Å². The van der Waals surface area contributed by atoms with Crippen molar-refractivity contribution in [3.8, 4) is 0 Å². The molecular formula is C10H20O. The summed E-state index contributed by atoms with van der Waals surface area (Å²) in [6, 6.07) is 0. The van der Waals surface area contributed by atoms with E-state index in [4.69, 9.17) is 0 Å². The van der Waals surface area contributed by atoms with Gasteiger partial charge in [-0.1, -0.05) is 34.3 Å². The second-order valence-electron chi connectivity index (χ2n) is 3.92. The van der Waals surface area contributed by atoms with Crippen molar-refractivity contribution >= 4 is 0 Å². The Morgan fingerprint density at radius 3 is 1.45 bits per heavy atom. The van der Waals surface area contributed by atoms with Gasteiger partial charge in [0.25, 0.3) is 0 Å². The highest BCUT2D eigenvalue weighted by molar-refractivity contribution is 5.12. The van der Waals surface area contributed by atoms with Gasteiger partial charge in [-0.2, -0.15) is 0 Å². The molecule has 0 aromatic heterocycles. The van der Waals surface area contributed by atoms with Crippen LogP contribution < -0.4 is 0 Å². The Hall–Kier alpha value is -0.300. The van der Waals surface area contributed by atoms with E-state index in [9.17, 15) is 5.11 Å². The summed E-state index contributed by atoms with van der Waals surface area (Å²) in [6.45, 7) is 13.8. The molecule has 1 nitrogen and oxygen atoms in total. The van der Waals surface area contributed by atoms with Gasteiger partial charge in [-0.15, -0.1) is 0 Å². The van der Waals surface area contributed by atoms with Gasteiger partial charge in [0.1, 0.15) is 0 Å². The topological polar surface area (TPSA) is 20.2 Å². The summed E-state index contributed by atoms with van der Waals surface area (Å²) in [5.41, 5.74) is 0.169. The van der Waals surface area contributed by atoms with Crippen molar-refractivity contribution in [1.82, 2.24) is 0 Å². The van der Waals surface area contributed by atoms with Crippen LogP contribution in [0.3, 0.4) is 0 Å². The zero-order valence-electron chi connectivity index (χ0n) is 8.31. The summed E-state index contributed by atoms with van der Waals surface area (Å²) in [6.07, 6.45) is 0. The van der Waals surface area contributed by atoms with Crippen molar-refractivity contribution in [1.29, 1.82) is 0 Å². The lowest BCUT2D eigenvalue weighted by Crippen LogP contribution is -2.41. The predicted molar refractivity (Wildman–Crippen MR) is 49.4 cm³/mol. The molecule has 0 saturated heterocycles. The Balaban J connectivity index is 4.67. The first kappa shape index (κ1) is 10.7. The third kappa shape index (κ3) is 1.84. The number of hydrogen-bond acceptors (Lipinski definition) is 1. The Kier molecular flexibility index (Phi) is 3.30. The van der Waals surface area contributed by atoms with Crippen molar-refractivity contribution in [2.24, 2.45) is 11.8 Å². The lowest BCUT2D eigenvalue weighted by Gasteiger charge is -2.36. The van der Waals surface area contributed by atoms with Crippen LogP contribution in [-0.2, 0) is 0 Å². The van der Waals surface area contributed by atoms with E-state index in [1.165, 1.54) is 0 Å². The van der Waals surface area contributed by atoms with Crippen molar-refractivity contribution in [3.63, 3.8) is 0 Å². The summed E-state index contributed by atoms with van der Waals surface area (Å²) in [5, 5.41) is 10.1. The van der Waals surface area contributed by atoms with Gasteiger partial charge >= 0.3 is 0 Å². The molecule has 1 N–H and O–H groups in total. The summed E-state index contributed by atoms with van der Waals surface area (Å²) in [7, 11) is 0. The highest BCUT2D eigenvalue weighted by Gasteiger charge is 2.34. The second-order valence-corrected chi connectivity index (χ2v) is 3.92. The fraction of sp³-hybridized carbons (Fsp3) is 0.800. The van der Waals surface area contributed by atoms with Gasteiger partial charge in [-0.3, -0.25) is 0 Å². The van der Waals surface area contributed by atoms with E-state index in [0.29, 0.717) is 0 Å². The molecule has 0 aromatic rings. The predicted octanol–water partition coefficient (Wildman–Crippen LogP) is 2.61. The Morgan fingerprint density at radius 2 is 1.45 bits per heavy atom. The van der Waals surface area contributed by atoms with Crippen molar-refractivity contribution in [3.05, 3.63) is 12.2 Å². The van der Waals surface area contributed by atoms with Gasteiger partial charge in [0.2, 0.25) is 0 Å². The van der Waals surface area contributed by atoms with Crippen LogP contribution in [-0.4, -0.2) is 10.7 Å². The minimum Gasteiger partial charge on any atom is -0.385 e. The molecule has 0 radical (unpaired) electrons. The maximum Gasteiger partial charge on any atom is 0.0896 e. The molecule has 66 valence electrons. The minimum atomic E-state index is -0.694. The zero-order chi connectivity index (χ0) is 9.23. The van der Waals surface area contributed by atoms with Gasteiger partial charge in [0, 0.05) is 0 Å². The van der Waals surface area contributed by atoms with Crippen molar-refractivity contribution in [2.75, 3.05) is 0 Å². The highest BCUT2D eigenvalue weighted by Crippen LogP contribution is 2.31. The molecule has 0 rings (SSSR count). The van der Waals surface area contributed by atoms with Crippen LogP contribution in [0, 0.1) is 11.8 Å². The largest absolute Gasteiger partial charge is 0.385 e. The maximum atomic E-state index is 10.1. The molecule has 0 aliphatic carbocycles. The first-order valence-electron chi connectivity index (χ1n) is 4.21. The second kappa shape index (κ2) is 3.40.